The number of aliphatic hydroxyl groups excluding tert-OH is 1. The molecular weight excluding hydrogens is 451 g/mol. The number of pyridine rings is 1. The van der Waals surface area contributed by atoms with Crippen molar-refractivity contribution in [2.75, 3.05) is 6.54 Å². The molecule has 3 aromatic rings. The van der Waals surface area contributed by atoms with Gasteiger partial charge >= 0.3 is 5.97 Å². The number of carbonyl (C=O) groups excluding carboxylic acids is 1. The maximum absolute atomic E-state index is 14.2. The van der Waals surface area contributed by atoms with E-state index < -0.39 is 34.5 Å². The standard InChI is InChI=1S/C25H29FN6O3/c1-16-13-32(22-17(16)8-7-11-28-22)25(9-5-6-10-25)14-30-31-20(23(34)35-24(2,3)4)21(33)19-18(26)12-27-15-29-19/h7-8,11-13,15,33H,5-6,9-10,14H2,1-4H3. The van der Waals surface area contributed by atoms with E-state index >= 15 is 0 Å². The van der Waals surface area contributed by atoms with Crippen LogP contribution < -0.4 is 0 Å². The van der Waals surface area contributed by atoms with Gasteiger partial charge in [0.1, 0.15) is 23.3 Å². The zero-order valence-corrected chi connectivity index (χ0v) is 20.3. The van der Waals surface area contributed by atoms with Crippen molar-refractivity contribution in [2.24, 2.45) is 10.2 Å². The maximum Gasteiger partial charge on any atom is 0.363 e. The fourth-order valence-corrected chi connectivity index (χ4v) is 4.44. The number of nitrogens with zero attached hydrogens (tertiary/aromatic N) is 6. The van der Waals surface area contributed by atoms with Crippen LogP contribution in [0, 0.1) is 12.7 Å². The van der Waals surface area contributed by atoms with Crippen molar-refractivity contribution in [1.29, 1.82) is 0 Å². The lowest BCUT2D eigenvalue weighted by molar-refractivity contribution is -0.150. The van der Waals surface area contributed by atoms with Crippen molar-refractivity contribution in [3.8, 4) is 0 Å². The van der Waals surface area contributed by atoms with Crippen LogP contribution in [0.2, 0.25) is 0 Å². The molecule has 1 fully saturated rings. The molecule has 0 radical (unpaired) electrons. The molecule has 3 heterocycles. The molecule has 0 spiro atoms. The molecule has 9 nitrogen and oxygen atoms in total. The number of esters is 1. The average Bonchev–Trinajstić information content (AvgIpc) is 3.41. The van der Waals surface area contributed by atoms with Crippen LogP contribution in [0.1, 0.15) is 57.7 Å². The van der Waals surface area contributed by atoms with Crippen LogP contribution >= 0.6 is 0 Å². The largest absolute Gasteiger partial charge is 0.504 e. The van der Waals surface area contributed by atoms with E-state index in [0.717, 1.165) is 54.8 Å². The third-order valence-corrected chi connectivity index (χ3v) is 6.05. The number of aryl methyl sites for hydroxylation is 1. The van der Waals surface area contributed by atoms with Crippen LogP contribution in [-0.4, -0.2) is 42.7 Å². The Balaban J connectivity index is 1.72. The van der Waals surface area contributed by atoms with Gasteiger partial charge in [-0.3, -0.25) is 0 Å². The molecule has 1 aliphatic rings. The summed E-state index contributed by atoms with van der Waals surface area (Å²) in [4.78, 5) is 24.8. The molecule has 0 atom stereocenters. The lowest BCUT2D eigenvalue weighted by Crippen LogP contribution is -2.33. The van der Waals surface area contributed by atoms with E-state index in [4.69, 9.17) is 4.74 Å². The summed E-state index contributed by atoms with van der Waals surface area (Å²) in [6, 6.07) is 3.95. The Morgan fingerprint density at radius 1 is 1.29 bits per heavy atom. The van der Waals surface area contributed by atoms with Crippen LogP contribution in [0.15, 0.2) is 53.0 Å². The minimum atomic E-state index is -0.929. The van der Waals surface area contributed by atoms with Crippen LogP contribution in [0.4, 0.5) is 4.39 Å². The molecule has 0 unspecified atom stereocenters. The van der Waals surface area contributed by atoms with Gasteiger partial charge in [-0.15, -0.1) is 5.11 Å². The van der Waals surface area contributed by atoms with Crippen molar-refractivity contribution in [1.82, 2.24) is 19.5 Å². The molecule has 0 amide bonds. The maximum atomic E-state index is 14.2. The Morgan fingerprint density at radius 3 is 2.71 bits per heavy atom. The van der Waals surface area contributed by atoms with Crippen LogP contribution in [-0.2, 0) is 15.1 Å². The third-order valence-electron chi connectivity index (χ3n) is 6.05. The summed E-state index contributed by atoms with van der Waals surface area (Å²) in [5, 5.41) is 20.2. The van der Waals surface area contributed by atoms with Gasteiger partial charge in [-0.25, -0.2) is 24.1 Å². The monoisotopic (exact) mass is 480 g/mol. The smallest absolute Gasteiger partial charge is 0.363 e. The normalized spacial score (nSPS) is 16.6. The van der Waals surface area contributed by atoms with Gasteiger partial charge in [0.05, 0.1) is 18.3 Å². The molecule has 10 heteroatoms. The molecule has 184 valence electrons. The third kappa shape index (κ3) is 5.06. The highest BCUT2D eigenvalue weighted by atomic mass is 19.1. The molecule has 0 aliphatic heterocycles. The highest BCUT2D eigenvalue weighted by molar-refractivity contribution is 5.95. The zero-order chi connectivity index (χ0) is 25.2. The van der Waals surface area contributed by atoms with E-state index in [2.05, 4.69) is 35.9 Å². The van der Waals surface area contributed by atoms with E-state index in [9.17, 15) is 14.3 Å². The average molecular weight is 481 g/mol. The Kier molecular flexibility index (Phi) is 6.64. The molecule has 3 aromatic heterocycles. The molecular formula is C25H29FN6O3. The van der Waals surface area contributed by atoms with E-state index in [1.54, 1.807) is 27.0 Å². The fraction of sp³-hybridized carbons (Fsp3) is 0.440. The number of hydrogen-bond donors (Lipinski definition) is 1. The quantitative estimate of drug-likeness (QED) is 0.223. The summed E-state index contributed by atoms with van der Waals surface area (Å²) in [6.07, 6.45) is 9.58. The van der Waals surface area contributed by atoms with E-state index in [1.165, 1.54) is 0 Å². The second-order valence-electron chi connectivity index (χ2n) is 9.81. The number of carbonyl (C=O) groups is 1. The number of rotatable bonds is 6. The minimum absolute atomic E-state index is 0.249. The van der Waals surface area contributed by atoms with Crippen molar-refractivity contribution in [3.63, 3.8) is 0 Å². The van der Waals surface area contributed by atoms with Crippen LogP contribution in [0.3, 0.4) is 0 Å². The molecule has 1 saturated carbocycles. The Hall–Kier alpha value is -3.69. The first-order valence-corrected chi connectivity index (χ1v) is 11.5. The van der Waals surface area contributed by atoms with Crippen molar-refractivity contribution in [2.45, 2.75) is 64.5 Å². The Labute approximate surface area is 202 Å². The predicted octanol–water partition coefficient (Wildman–Crippen LogP) is 5.26. The van der Waals surface area contributed by atoms with E-state index in [0.29, 0.717) is 0 Å². The number of ether oxygens (including phenoxy) is 1. The zero-order valence-electron chi connectivity index (χ0n) is 20.3. The van der Waals surface area contributed by atoms with E-state index in [1.807, 2.05) is 19.1 Å². The van der Waals surface area contributed by atoms with Gasteiger partial charge in [0, 0.05) is 17.8 Å². The number of aromatic nitrogens is 4. The molecule has 0 saturated heterocycles. The van der Waals surface area contributed by atoms with Gasteiger partial charge in [-0.1, -0.05) is 12.8 Å². The van der Waals surface area contributed by atoms with Gasteiger partial charge in [0.2, 0.25) is 5.70 Å². The van der Waals surface area contributed by atoms with Crippen molar-refractivity contribution < 1.29 is 19.0 Å². The number of fused-ring (bicyclic) bond motifs is 1. The Bertz CT molecular complexity index is 1300. The first kappa shape index (κ1) is 24.4. The molecule has 35 heavy (non-hydrogen) atoms. The molecule has 0 aromatic carbocycles. The summed E-state index contributed by atoms with van der Waals surface area (Å²) >= 11 is 0. The highest BCUT2D eigenvalue weighted by Crippen LogP contribution is 2.40. The van der Waals surface area contributed by atoms with Gasteiger partial charge in [-0.2, -0.15) is 5.11 Å². The van der Waals surface area contributed by atoms with Crippen molar-refractivity contribution >= 4 is 22.8 Å². The summed E-state index contributed by atoms with van der Waals surface area (Å²) in [5.41, 5.74) is -0.219. The molecule has 1 aliphatic carbocycles. The minimum Gasteiger partial charge on any atom is -0.504 e. The Morgan fingerprint density at radius 2 is 2.03 bits per heavy atom. The summed E-state index contributed by atoms with van der Waals surface area (Å²) in [6.45, 7) is 7.34. The molecule has 4 rings (SSSR count). The summed E-state index contributed by atoms with van der Waals surface area (Å²) in [5.74, 6) is -2.58. The first-order valence-electron chi connectivity index (χ1n) is 11.5. The van der Waals surface area contributed by atoms with Gasteiger partial charge < -0.3 is 14.4 Å². The lowest BCUT2D eigenvalue weighted by Gasteiger charge is -2.29. The number of aliphatic hydroxyl groups is 1. The first-order chi connectivity index (χ1) is 16.6. The molecule has 1 N–H and O–H groups in total. The van der Waals surface area contributed by atoms with Gasteiger partial charge in [-0.05, 0) is 58.2 Å². The second kappa shape index (κ2) is 9.52. The summed E-state index contributed by atoms with van der Waals surface area (Å²) < 4.78 is 21.8. The second-order valence-corrected chi connectivity index (χ2v) is 9.81. The van der Waals surface area contributed by atoms with Gasteiger partial charge in [0.25, 0.3) is 0 Å². The lowest BCUT2D eigenvalue weighted by atomic mass is 9.97. The topological polar surface area (TPSA) is 115 Å². The highest BCUT2D eigenvalue weighted by Gasteiger charge is 2.37. The predicted molar refractivity (Wildman–Crippen MR) is 128 cm³/mol. The molecule has 0 bridgehead atoms. The SMILES string of the molecule is Cc1cn(C2(CN=NC(C(=O)OC(C)(C)C)=C(O)c3ncncc3F)CCCC2)c2ncccc12. The van der Waals surface area contributed by atoms with Crippen LogP contribution in [0.5, 0.6) is 0 Å². The fourth-order valence-electron chi connectivity index (χ4n) is 4.44. The van der Waals surface area contributed by atoms with E-state index in [-0.39, 0.29) is 12.1 Å². The number of azo groups is 1. The summed E-state index contributed by atoms with van der Waals surface area (Å²) in [7, 11) is 0. The van der Waals surface area contributed by atoms with Gasteiger partial charge in [0.15, 0.2) is 11.6 Å². The van der Waals surface area contributed by atoms with Crippen LogP contribution in [0.25, 0.3) is 16.8 Å². The van der Waals surface area contributed by atoms with Crippen molar-refractivity contribution in [3.05, 3.63) is 59.8 Å². The number of hydrogen-bond acceptors (Lipinski definition) is 8. The number of halogens is 1.